The molecule has 0 atom stereocenters. The van der Waals surface area contributed by atoms with Gasteiger partial charge in [0.1, 0.15) is 0 Å². The van der Waals surface area contributed by atoms with Gasteiger partial charge in [0.05, 0.1) is 0 Å². The van der Waals surface area contributed by atoms with Crippen LogP contribution >= 0.6 is 22.6 Å². The number of hydrogen-bond acceptors (Lipinski definition) is 3. The quantitative estimate of drug-likeness (QED) is 0.408. The van der Waals surface area contributed by atoms with E-state index in [1.165, 1.54) is 6.42 Å². The van der Waals surface area contributed by atoms with Gasteiger partial charge in [-0.3, -0.25) is 0 Å². The zero-order chi connectivity index (χ0) is 11.8. The van der Waals surface area contributed by atoms with Crippen molar-refractivity contribution in [1.82, 2.24) is 0 Å². The number of anilines is 2. The molecule has 0 unspecified atom stereocenters. The maximum atomic E-state index is 8.63. The molecule has 0 amide bonds. The molecule has 0 saturated carbocycles. The number of nitrogens with two attached hydrogens (primary N) is 1. The second-order valence-electron chi connectivity index (χ2n) is 3.80. The van der Waals surface area contributed by atoms with Gasteiger partial charge in [0.15, 0.2) is 0 Å². The van der Waals surface area contributed by atoms with Gasteiger partial charge in [-0.25, -0.2) is 0 Å². The minimum atomic E-state index is 0.309. The number of aliphatic hydroxyl groups excluding tert-OH is 1. The van der Waals surface area contributed by atoms with Crippen molar-refractivity contribution in [1.29, 1.82) is 0 Å². The Balaban J connectivity index is 2.21. The van der Waals surface area contributed by atoms with Crippen LogP contribution < -0.4 is 11.1 Å². The summed E-state index contributed by atoms with van der Waals surface area (Å²) < 4.78 is 1.16. The van der Waals surface area contributed by atoms with Crippen molar-refractivity contribution < 1.29 is 5.11 Å². The molecule has 0 aliphatic carbocycles. The molecule has 1 aromatic carbocycles. The van der Waals surface area contributed by atoms with E-state index in [-0.39, 0.29) is 0 Å². The Morgan fingerprint density at radius 1 is 1.19 bits per heavy atom. The number of unbranched alkanes of at least 4 members (excludes halogenated alkanes) is 3. The summed E-state index contributed by atoms with van der Waals surface area (Å²) in [4.78, 5) is 0. The van der Waals surface area contributed by atoms with Gasteiger partial charge in [-0.15, -0.1) is 0 Å². The summed E-state index contributed by atoms with van der Waals surface area (Å²) in [6, 6.07) is 5.90. The van der Waals surface area contributed by atoms with E-state index in [9.17, 15) is 0 Å². The van der Waals surface area contributed by atoms with E-state index in [2.05, 4.69) is 27.9 Å². The standard InChI is InChI=1S/C12H19IN2O/c13-11-9-10(14)5-6-12(11)15-7-3-1-2-4-8-16/h5-6,9,15-16H,1-4,7-8,14H2. The van der Waals surface area contributed by atoms with Gasteiger partial charge in [0.2, 0.25) is 0 Å². The third kappa shape index (κ3) is 5.03. The zero-order valence-corrected chi connectivity index (χ0v) is 11.5. The van der Waals surface area contributed by atoms with E-state index in [4.69, 9.17) is 10.8 Å². The van der Waals surface area contributed by atoms with Crippen LogP contribution in [-0.2, 0) is 0 Å². The molecule has 0 aliphatic heterocycles. The van der Waals surface area contributed by atoms with Gasteiger partial charge in [-0.05, 0) is 53.6 Å². The molecule has 4 heteroatoms. The first-order chi connectivity index (χ1) is 7.74. The van der Waals surface area contributed by atoms with E-state index in [1.54, 1.807) is 0 Å². The molecule has 4 N–H and O–H groups in total. The molecule has 0 spiro atoms. The highest BCUT2D eigenvalue weighted by Crippen LogP contribution is 2.20. The number of benzene rings is 1. The summed E-state index contributed by atoms with van der Waals surface area (Å²) in [5.74, 6) is 0. The second-order valence-corrected chi connectivity index (χ2v) is 4.97. The lowest BCUT2D eigenvalue weighted by atomic mass is 10.2. The van der Waals surface area contributed by atoms with Crippen molar-refractivity contribution in [3.05, 3.63) is 21.8 Å². The predicted octanol–water partition coefficient (Wildman–Crippen LogP) is 2.84. The molecule has 0 saturated heterocycles. The number of hydrogen-bond donors (Lipinski definition) is 3. The normalized spacial score (nSPS) is 10.4. The number of nitrogens with one attached hydrogen (secondary N) is 1. The first kappa shape index (κ1) is 13.6. The molecule has 1 rings (SSSR count). The second kappa shape index (κ2) is 7.73. The molecular formula is C12H19IN2O. The average Bonchev–Trinajstić information content (AvgIpc) is 2.26. The molecule has 0 bridgehead atoms. The lowest BCUT2D eigenvalue weighted by Gasteiger charge is -2.08. The van der Waals surface area contributed by atoms with Crippen LogP contribution in [-0.4, -0.2) is 18.3 Å². The highest BCUT2D eigenvalue weighted by Gasteiger charge is 1.98. The lowest BCUT2D eigenvalue weighted by Crippen LogP contribution is -2.03. The van der Waals surface area contributed by atoms with Crippen molar-refractivity contribution in [3.63, 3.8) is 0 Å². The fourth-order valence-corrected chi connectivity index (χ4v) is 2.22. The smallest absolute Gasteiger partial charge is 0.0477 e. The van der Waals surface area contributed by atoms with Crippen molar-refractivity contribution in [2.45, 2.75) is 25.7 Å². The van der Waals surface area contributed by atoms with Crippen LogP contribution in [0.5, 0.6) is 0 Å². The minimum Gasteiger partial charge on any atom is -0.399 e. The third-order valence-corrected chi connectivity index (χ3v) is 3.29. The van der Waals surface area contributed by atoms with Gasteiger partial charge in [0, 0.05) is 28.1 Å². The Bertz CT molecular complexity index is 318. The van der Waals surface area contributed by atoms with Crippen LogP contribution in [0.4, 0.5) is 11.4 Å². The van der Waals surface area contributed by atoms with E-state index < -0.39 is 0 Å². The van der Waals surface area contributed by atoms with Crippen molar-refractivity contribution in [3.8, 4) is 0 Å². The largest absolute Gasteiger partial charge is 0.399 e. The third-order valence-electron chi connectivity index (χ3n) is 2.39. The summed E-state index contributed by atoms with van der Waals surface area (Å²) in [6.45, 7) is 1.29. The molecule has 0 heterocycles. The van der Waals surface area contributed by atoms with E-state index >= 15 is 0 Å². The average molecular weight is 334 g/mol. The van der Waals surface area contributed by atoms with Crippen molar-refractivity contribution in [2.24, 2.45) is 0 Å². The maximum Gasteiger partial charge on any atom is 0.0477 e. The molecule has 3 nitrogen and oxygen atoms in total. The van der Waals surface area contributed by atoms with Gasteiger partial charge < -0.3 is 16.2 Å². The Labute approximate surface area is 111 Å². The van der Waals surface area contributed by atoms with Gasteiger partial charge in [-0.2, -0.15) is 0 Å². The first-order valence-corrected chi connectivity index (χ1v) is 6.71. The highest BCUT2D eigenvalue weighted by molar-refractivity contribution is 14.1. The lowest BCUT2D eigenvalue weighted by molar-refractivity contribution is 0.283. The van der Waals surface area contributed by atoms with Crippen molar-refractivity contribution in [2.75, 3.05) is 24.2 Å². The number of aliphatic hydroxyl groups is 1. The topological polar surface area (TPSA) is 58.3 Å². The summed E-state index contributed by atoms with van der Waals surface area (Å²) in [5, 5.41) is 12.0. The number of rotatable bonds is 7. The van der Waals surface area contributed by atoms with Gasteiger partial charge in [0.25, 0.3) is 0 Å². The highest BCUT2D eigenvalue weighted by atomic mass is 127. The molecule has 0 radical (unpaired) electrons. The van der Waals surface area contributed by atoms with E-state index in [0.29, 0.717) is 6.61 Å². The van der Waals surface area contributed by atoms with Crippen molar-refractivity contribution >= 4 is 34.0 Å². The molecular weight excluding hydrogens is 315 g/mol. The molecule has 0 aromatic heterocycles. The number of halogens is 1. The molecule has 0 fully saturated rings. The predicted molar refractivity (Wildman–Crippen MR) is 77.6 cm³/mol. The minimum absolute atomic E-state index is 0.309. The van der Waals surface area contributed by atoms with E-state index in [1.807, 2.05) is 18.2 Å². The Kier molecular flexibility index (Phi) is 6.56. The Morgan fingerprint density at radius 2 is 1.94 bits per heavy atom. The van der Waals surface area contributed by atoms with Crippen LogP contribution in [0.2, 0.25) is 0 Å². The van der Waals surface area contributed by atoms with Crippen LogP contribution in [0, 0.1) is 3.57 Å². The van der Waals surface area contributed by atoms with Crippen LogP contribution in [0.15, 0.2) is 18.2 Å². The van der Waals surface area contributed by atoms with Crippen LogP contribution in [0.3, 0.4) is 0 Å². The summed E-state index contributed by atoms with van der Waals surface area (Å²) in [6.07, 6.45) is 4.33. The Morgan fingerprint density at radius 3 is 2.62 bits per heavy atom. The summed E-state index contributed by atoms with van der Waals surface area (Å²) in [5.41, 5.74) is 7.63. The maximum absolute atomic E-state index is 8.63. The molecule has 90 valence electrons. The summed E-state index contributed by atoms with van der Waals surface area (Å²) >= 11 is 2.28. The first-order valence-electron chi connectivity index (χ1n) is 5.64. The van der Waals surface area contributed by atoms with Crippen LogP contribution in [0.1, 0.15) is 25.7 Å². The zero-order valence-electron chi connectivity index (χ0n) is 9.38. The Hall–Kier alpha value is -0.490. The molecule has 1 aromatic rings. The fraction of sp³-hybridized carbons (Fsp3) is 0.500. The van der Waals surface area contributed by atoms with Gasteiger partial charge >= 0.3 is 0 Å². The SMILES string of the molecule is Nc1ccc(NCCCCCCO)c(I)c1. The molecule has 0 aliphatic rings. The molecule has 16 heavy (non-hydrogen) atoms. The number of nitrogen functional groups attached to an aromatic ring is 1. The fourth-order valence-electron chi connectivity index (χ4n) is 1.49. The monoisotopic (exact) mass is 334 g/mol. The van der Waals surface area contributed by atoms with Gasteiger partial charge in [-0.1, -0.05) is 12.8 Å². The van der Waals surface area contributed by atoms with E-state index in [0.717, 1.165) is 40.8 Å². The summed E-state index contributed by atoms with van der Waals surface area (Å²) in [7, 11) is 0. The van der Waals surface area contributed by atoms with Crippen LogP contribution in [0.25, 0.3) is 0 Å².